The van der Waals surface area contributed by atoms with Gasteiger partial charge in [0.1, 0.15) is 0 Å². The Bertz CT molecular complexity index is 334. The minimum Gasteiger partial charge on any atom is -0.399 e. The van der Waals surface area contributed by atoms with Crippen LogP contribution in [-0.2, 0) is 4.74 Å². The first-order valence-electron chi connectivity index (χ1n) is 5.98. The molecule has 3 heteroatoms. The average molecular weight is 220 g/mol. The molecule has 0 amide bonds. The van der Waals surface area contributed by atoms with Crippen molar-refractivity contribution in [2.75, 3.05) is 32.0 Å². The second kappa shape index (κ2) is 5.32. The van der Waals surface area contributed by atoms with Gasteiger partial charge in [0.05, 0.1) is 13.2 Å². The molecule has 1 aromatic rings. The fraction of sp³-hybridized carbons (Fsp3) is 0.538. The van der Waals surface area contributed by atoms with Crippen LogP contribution < -0.4 is 5.73 Å². The van der Waals surface area contributed by atoms with E-state index in [1.165, 1.54) is 5.56 Å². The van der Waals surface area contributed by atoms with Gasteiger partial charge in [-0.25, -0.2) is 0 Å². The van der Waals surface area contributed by atoms with E-state index >= 15 is 0 Å². The molecule has 0 saturated carbocycles. The second-order valence-electron chi connectivity index (χ2n) is 4.24. The van der Waals surface area contributed by atoms with Crippen LogP contribution in [0, 0.1) is 0 Å². The monoisotopic (exact) mass is 220 g/mol. The SMILES string of the molecule is CCC(c1cccc(N)c1)N1CCOCC1. The summed E-state index contributed by atoms with van der Waals surface area (Å²) in [5, 5.41) is 0. The lowest BCUT2D eigenvalue weighted by molar-refractivity contribution is 0.0152. The summed E-state index contributed by atoms with van der Waals surface area (Å²) in [6.45, 7) is 5.96. The molecule has 0 spiro atoms. The van der Waals surface area contributed by atoms with Crippen LogP contribution >= 0.6 is 0 Å². The molecule has 1 aromatic carbocycles. The highest BCUT2D eigenvalue weighted by atomic mass is 16.5. The van der Waals surface area contributed by atoms with Gasteiger partial charge >= 0.3 is 0 Å². The number of anilines is 1. The summed E-state index contributed by atoms with van der Waals surface area (Å²) in [6, 6.07) is 8.71. The normalized spacial score (nSPS) is 19.6. The van der Waals surface area contributed by atoms with E-state index in [1.807, 2.05) is 12.1 Å². The molecular weight excluding hydrogens is 200 g/mol. The van der Waals surface area contributed by atoms with Gasteiger partial charge in [-0.05, 0) is 24.1 Å². The molecule has 1 heterocycles. The van der Waals surface area contributed by atoms with Crippen molar-refractivity contribution in [2.24, 2.45) is 0 Å². The number of hydrogen-bond acceptors (Lipinski definition) is 3. The van der Waals surface area contributed by atoms with Gasteiger partial charge in [-0.2, -0.15) is 0 Å². The van der Waals surface area contributed by atoms with Crippen molar-refractivity contribution < 1.29 is 4.74 Å². The Hall–Kier alpha value is -1.06. The summed E-state index contributed by atoms with van der Waals surface area (Å²) in [7, 11) is 0. The first-order valence-corrected chi connectivity index (χ1v) is 5.98. The topological polar surface area (TPSA) is 38.5 Å². The molecule has 1 fully saturated rings. The maximum Gasteiger partial charge on any atom is 0.0594 e. The number of nitrogens with two attached hydrogens (primary N) is 1. The van der Waals surface area contributed by atoms with E-state index in [4.69, 9.17) is 10.5 Å². The zero-order chi connectivity index (χ0) is 11.4. The van der Waals surface area contributed by atoms with Crippen LogP contribution in [0.15, 0.2) is 24.3 Å². The van der Waals surface area contributed by atoms with Crippen LogP contribution in [0.1, 0.15) is 24.9 Å². The average Bonchev–Trinajstić information content (AvgIpc) is 2.31. The number of hydrogen-bond donors (Lipinski definition) is 1. The lowest BCUT2D eigenvalue weighted by Gasteiger charge is -2.34. The molecule has 1 saturated heterocycles. The highest BCUT2D eigenvalue weighted by molar-refractivity contribution is 5.41. The van der Waals surface area contributed by atoms with Gasteiger partial charge < -0.3 is 10.5 Å². The predicted molar refractivity (Wildman–Crippen MR) is 66.3 cm³/mol. The minimum atomic E-state index is 0.479. The fourth-order valence-electron chi connectivity index (χ4n) is 2.36. The minimum absolute atomic E-state index is 0.479. The molecule has 0 aliphatic carbocycles. The van der Waals surface area contributed by atoms with E-state index in [0.29, 0.717) is 6.04 Å². The number of ether oxygens (including phenoxy) is 1. The van der Waals surface area contributed by atoms with E-state index < -0.39 is 0 Å². The van der Waals surface area contributed by atoms with Crippen LogP contribution in [0.4, 0.5) is 5.69 Å². The molecule has 88 valence electrons. The predicted octanol–water partition coefficient (Wildman–Crippen LogP) is 2.05. The number of benzene rings is 1. The third kappa shape index (κ3) is 2.54. The van der Waals surface area contributed by atoms with E-state index in [-0.39, 0.29) is 0 Å². The molecule has 2 rings (SSSR count). The summed E-state index contributed by atoms with van der Waals surface area (Å²) < 4.78 is 5.39. The van der Waals surface area contributed by atoms with Crippen molar-refractivity contribution >= 4 is 5.69 Å². The largest absolute Gasteiger partial charge is 0.399 e. The Balaban J connectivity index is 2.14. The molecule has 0 radical (unpaired) electrons. The molecule has 1 atom stereocenters. The van der Waals surface area contributed by atoms with Crippen molar-refractivity contribution in [1.29, 1.82) is 0 Å². The third-order valence-electron chi connectivity index (χ3n) is 3.17. The summed E-state index contributed by atoms with van der Waals surface area (Å²) in [5.41, 5.74) is 8.01. The number of nitrogens with zero attached hydrogens (tertiary/aromatic N) is 1. The molecule has 0 aromatic heterocycles. The smallest absolute Gasteiger partial charge is 0.0594 e. The zero-order valence-corrected chi connectivity index (χ0v) is 9.86. The molecule has 2 N–H and O–H groups in total. The fourth-order valence-corrected chi connectivity index (χ4v) is 2.36. The molecule has 1 aliphatic heterocycles. The Morgan fingerprint density at radius 3 is 2.75 bits per heavy atom. The van der Waals surface area contributed by atoms with Crippen LogP contribution in [-0.4, -0.2) is 31.2 Å². The van der Waals surface area contributed by atoms with Gasteiger partial charge in [-0.3, -0.25) is 4.90 Å². The molecular formula is C13H20N2O. The lowest BCUT2D eigenvalue weighted by Crippen LogP contribution is -2.38. The van der Waals surface area contributed by atoms with Gasteiger partial charge in [0.2, 0.25) is 0 Å². The first kappa shape index (κ1) is 11.4. The quantitative estimate of drug-likeness (QED) is 0.792. The summed E-state index contributed by atoms with van der Waals surface area (Å²) >= 11 is 0. The summed E-state index contributed by atoms with van der Waals surface area (Å²) in [6.07, 6.45) is 1.11. The highest BCUT2D eigenvalue weighted by Gasteiger charge is 2.20. The van der Waals surface area contributed by atoms with Crippen molar-refractivity contribution in [2.45, 2.75) is 19.4 Å². The molecule has 1 aliphatic rings. The van der Waals surface area contributed by atoms with Gasteiger partial charge in [0.15, 0.2) is 0 Å². The van der Waals surface area contributed by atoms with E-state index in [1.54, 1.807) is 0 Å². The molecule has 1 unspecified atom stereocenters. The van der Waals surface area contributed by atoms with Gasteiger partial charge in [-0.1, -0.05) is 19.1 Å². The number of nitrogen functional groups attached to an aromatic ring is 1. The summed E-state index contributed by atoms with van der Waals surface area (Å²) in [5.74, 6) is 0. The standard InChI is InChI=1S/C13H20N2O/c1-2-13(15-6-8-16-9-7-15)11-4-3-5-12(14)10-11/h3-5,10,13H,2,6-9,14H2,1H3. The summed E-state index contributed by atoms with van der Waals surface area (Å²) in [4.78, 5) is 2.48. The maximum absolute atomic E-state index is 5.84. The Labute approximate surface area is 97.2 Å². The first-order chi connectivity index (χ1) is 7.81. The Morgan fingerprint density at radius 1 is 1.38 bits per heavy atom. The van der Waals surface area contributed by atoms with Crippen molar-refractivity contribution in [1.82, 2.24) is 4.90 Å². The van der Waals surface area contributed by atoms with Crippen molar-refractivity contribution in [3.05, 3.63) is 29.8 Å². The van der Waals surface area contributed by atoms with Crippen molar-refractivity contribution in [3.63, 3.8) is 0 Å². The van der Waals surface area contributed by atoms with Crippen LogP contribution in [0.2, 0.25) is 0 Å². The van der Waals surface area contributed by atoms with Gasteiger partial charge in [0, 0.05) is 24.8 Å². The van der Waals surface area contributed by atoms with Gasteiger partial charge in [-0.15, -0.1) is 0 Å². The second-order valence-corrected chi connectivity index (χ2v) is 4.24. The molecule has 0 bridgehead atoms. The Kier molecular flexibility index (Phi) is 3.80. The third-order valence-corrected chi connectivity index (χ3v) is 3.17. The van der Waals surface area contributed by atoms with Crippen LogP contribution in [0.25, 0.3) is 0 Å². The number of rotatable bonds is 3. The zero-order valence-electron chi connectivity index (χ0n) is 9.86. The molecule has 16 heavy (non-hydrogen) atoms. The van der Waals surface area contributed by atoms with Crippen molar-refractivity contribution in [3.8, 4) is 0 Å². The number of morpholine rings is 1. The highest BCUT2D eigenvalue weighted by Crippen LogP contribution is 2.26. The van der Waals surface area contributed by atoms with Crippen LogP contribution in [0.3, 0.4) is 0 Å². The van der Waals surface area contributed by atoms with E-state index in [2.05, 4.69) is 24.0 Å². The lowest BCUT2D eigenvalue weighted by atomic mass is 10.0. The molecule has 3 nitrogen and oxygen atoms in total. The Morgan fingerprint density at radius 2 is 2.12 bits per heavy atom. The van der Waals surface area contributed by atoms with E-state index in [9.17, 15) is 0 Å². The van der Waals surface area contributed by atoms with E-state index in [0.717, 1.165) is 38.4 Å². The maximum atomic E-state index is 5.84. The van der Waals surface area contributed by atoms with Gasteiger partial charge in [0.25, 0.3) is 0 Å². The van der Waals surface area contributed by atoms with Crippen LogP contribution in [0.5, 0.6) is 0 Å².